The number of carbonyl (C=O) groups is 3. The molecule has 0 spiro atoms. The van der Waals surface area contributed by atoms with Gasteiger partial charge in [-0.15, -0.1) is 6.58 Å². The normalized spacial score (nSPS) is 14.2. The van der Waals surface area contributed by atoms with Gasteiger partial charge < -0.3 is 14.5 Å². The van der Waals surface area contributed by atoms with Crippen molar-refractivity contribution >= 4 is 28.9 Å². The third-order valence-electron chi connectivity index (χ3n) is 2.77. The van der Waals surface area contributed by atoms with E-state index in [0.29, 0.717) is 19.6 Å². The maximum atomic E-state index is 12.1. The van der Waals surface area contributed by atoms with Crippen LogP contribution in [0.25, 0.3) is 0 Å². The Bertz CT molecular complexity index is 387. The first-order chi connectivity index (χ1) is 9.58. The second kappa shape index (κ2) is 8.63. The molecule has 0 bridgehead atoms. The summed E-state index contributed by atoms with van der Waals surface area (Å²) < 4.78 is 4.83. The van der Waals surface area contributed by atoms with Gasteiger partial charge in [-0.05, 0) is 6.92 Å². The van der Waals surface area contributed by atoms with E-state index in [1.807, 2.05) is 0 Å². The van der Waals surface area contributed by atoms with E-state index >= 15 is 0 Å². The van der Waals surface area contributed by atoms with Crippen LogP contribution in [0.2, 0.25) is 0 Å². The maximum Gasteiger partial charge on any atom is 0.325 e. The number of esters is 1. The van der Waals surface area contributed by atoms with Crippen molar-refractivity contribution in [3.05, 3.63) is 12.7 Å². The molecule has 7 heteroatoms. The van der Waals surface area contributed by atoms with Gasteiger partial charge in [0.25, 0.3) is 5.24 Å². The molecular weight excluding hydrogens is 280 g/mol. The fourth-order valence-corrected chi connectivity index (χ4v) is 2.64. The summed E-state index contributed by atoms with van der Waals surface area (Å²) in [4.78, 5) is 37.9. The Labute approximate surface area is 123 Å². The SMILES string of the molecule is C=CCN(CC(=O)OCC)C(=O)CCN1CCSC1=O. The molecule has 0 N–H and O–H groups in total. The van der Waals surface area contributed by atoms with Crippen LogP contribution >= 0.6 is 11.8 Å². The molecule has 0 radical (unpaired) electrons. The molecule has 0 unspecified atom stereocenters. The second-order valence-electron chi connectivity index (χ2n) is 4.22. The Morgan fingerprint density at radius 3 is 2.85 bits per heavy atom. The maximum absolute atomic E-state index is 12.1. The van der Waals surface area contributed by atoms with Gasteiger partial charge in [0.1, 0.15) is 6.54 Å². The van der Waals surface area contributed by atoms with Crippen LogP contribution in [0.4, 0.5) is 4.79 Å². The van der Waals surface area contributed by atoms with Crippen LogP contribution in [0.15, 0.2) is 12.7 Å². The quantitative estimate of drug-likeness (QED) is 0.496. The Morgan fingerprint density at radius 2 is 2.30 bits per heavy atom. The van der Waals surface area contributed by atoms with E-state index in [2.05, 4.69) is 6.58 Å². The minimum Gasteiger partial charge on any atom is -0.465 e. The van der Waals surface area contributed by atoms with Crippen LogP contribution in [-0.2, 0) is 14.3 Å². The van der Waals surface area contributed by atoms with E-state index < -0.39 is 5.97 Å². The topological polar surface area (TPSA) is 66.9 Å². The molecule has 1 rings (SSSR count). The van der Waals surface area contributed by atoms with Crippen molar-refractivity contribution in [3.8, 4) is 0 Å². The van der Waals surface area contributed by atoms with E-state index in [-0.39, 0.29) is 30.7 Å². The molecule has 20 heavy (non-hydrogen) atoms. The zero-order chi connectivity index (χ0) is 15.0. The molecule has 0 aliphatic carbocycles. The van der Waals surface area contributed by atoms with Crippen LogP contribution in [0.1, 0.15) is 13.3 Å². The second-order valence-corrected chi connectivity index (χ2v) is 5.27. The van der Waals surface area contributed by atoms with Gasteiger partial charge in [-0.25, -0.2) is 0 Å². The molecular formula is C13H20N2O4S. The largest absolute Gasteiger partial charge is 0.465 e. The average molecular weight is 300 g/mol. The van der Waals surface area contributed by atoms with E-state index in [9.17, 15) is 14.4 Å². The average Bonchev–Trinajstić information content (AvgIpc) is 2.81. The van der Waals surface area contributed by atoms with Gasteiger partial charge >= 0.3 is 5.97 Å². The Hall–Kier alpha value is -1.50. The van der Waals surface area contributed by atoms with Gasteiger partial charge in [-0.1, -0.05) is 17.8 Å². The van der Waals surface area contributed by atoms with Crippen LogP contribution < -0.4 is 0 Å². The third-order valence-corrected chi connectivity index (χ3v) is 3.66. The lowest BCUT2D eigenvalue weighted by Gasteiger charge is -2.21. The summed E-state index contributed by atoms with van der Waals surface area (Å²) in [6, 6.07) is 0. The molecule has 0 aromatic rings. The van der Waals surface area contributed by atoms with Crippen molar-refractivity contribution in [1.82, 2.24) is 9.80 Å². The predicted octanol–water partition coefficient (Wildman–Crippen LogP) is 1.12. The smallest absolute Gasteiger partial charge is 0.325 e. The minimum atomic E-state index is -0.435. The molecule has 6 nitrogen and oxygen atoms in total. The highest BCUT2D eigenvalue weighted by Gasteiger charge is 2.23. The number of thioether (sulfide) groups is 1. The third kappa shape index (κ3) is 5.24. The van der Waals surface area contributed by atoms with Gasteiger partial charge in [0.2, 0.25) is 5.91 Å². The number of ether oxygens (including phenoxy) is 1. The van der Waals surface area contributed by atoms with Crippen LogP contribution in [0.5, 0.6) is 0 Å². The highest BCUT2D eigenvalue weighted by molar-refractivity contribution is 8.13. The van der Waals surface area contributed by atoms with Crippen molar-refractivity contribution in [2.24, 2.45) is 0 Å². The molecule has 1 heterocycles. The van der Waals surface area contributed by atoms with E-state index in [1.54, 1.807) is 17.9 Å². The molecule has 2 amide bonds. The first-order valence-electron chi connectivity index (χ1n) is 6.54. The summed E-state index contributed by atoms with van der Waals surface area (Å²) in [5, 5.41) is 0.0125. The van der Waals surface area contributed by atoms with Crippen LogP contribution in [-0.4, -0.2) is 65.5 Å². The first-order valence-corrected chi connectivity index (χ1v) is 7.53. The standard InChI is InChI=1S/C13H20N2O4S/c1-3-6-15(10-12(17)19-4-2)11(16)5-7-14-8-9-20-13(14)18/h3H,1,4-10H2,2H3. The summed E-state index contributed by atoms with van der Waals surface area (Å²) in [6.07, 6.45) is 1.77. The van der Waals surface area contributed by atoms with E-state index in [4.69, 9.17) is 4.74 Å². The number of rotatable bonds is 8. The zero-order valence-electron chi connectivity index (χ0n) is 11.7. The summed E-state index contributed by atoms with van der Waals surface area (Å²) in [5.41, 5.74) is 0. The molecule has 112 valence electrons. The van der Waals surface area contributed by atoms with Gasteiger partial charge in [-0.3, -0.25) is 14.4 Å². The lowest BCUT2D eigenvalue weighted by atomic mass is 10.3. The van der Waals surface area contributed by atoms with Gasteiger partial charge in [0.05, 0.1) is 6.61 Å². The summed E-state index contributed by atoms with van der Waals surface area (Å²) in [6.45, 7) is 6.85. The zero-order valence-corrected chi connectivity index (χ0v) is 12.5. The lowest BCUT2D eigenvalue weighted by Crippen LogP contribution is -2.38. The summed E-state index contributed by atoms with van der Waals surface area (Å²) >= 11 is 1.26. The van der Waals surface area contributed by atoms with Gasteiger partial charge in [0, 0.05) is 31.8 Å². The molecule has 1 aliphatic rings. The summed E-state index contributed by atoms with van der Waals surface area (Å²) in [5.74, 6) is 0.157. The van der Waals surface area contributed by atoms with Crippen molar-refractivity contribution in [2.45, 2.75) is 13.3 Å². The van der Waals surface area contributed by atoms with Crippen molar-refractivity contribution < 1.29 is 19.1 Å². The minimum absolute atomic E-state index is 0.0125. The number of carbonyl (C=O) groups excluding carboxylic acids is 3. The fourth-order valence-electron chi connectivity index (χ4n) is 1.79. The monoisotopic (exact) mass is 300 g/mol. The molecule has 1 fully saturated rings. The highest BCUT2D eigenvalue weighted by atomic mass is 32.2. The van der Waals surface area contributed by atoms with Gasteiger partial charge in [0.15, 0.2) is 0 Å². The number of hydrogen-bond donors (Lipinski definition) is 0. The fraction of sp³-hybridized carbons (Fsp3) is 0.615. The van der Waals surface area contributed by atoms with Crippen LogP contribution in [0.3, 0.4) is 0 Å². The molecule has 0 saturated carbocycles. The Morgan fingerprint density at radius 1 is 1.55 bits per heavy atom. The Kier molecular flexibility index (Phi) is 7.14. The van der Waals surface area contributed by atoms with Crippen molar-refractivity contribution in [3.63, 3.8) is 0 Å². The number of nitrogens with zero attached hydrogens (tertiary/aromatic N) is 2. The molecule has 1 aliphatic heterocycles. The highest BCUT2D eigenvalue weighted by Crippen LogP contribution is 2.17. The van der Waals surface area contributed by atoms with E-state index in [0.717, 1.165) is 5.75 Å². The summed E-state index contributed by atoms with van der Waals surface area (Å²) in [7, 11) is 0. The molecule has 1 saturated heterocycles. The van der Waals surface area contributed by atoms with Crippen molar-refractivity contribution in [2.75, 3.05) is 38.5 Å². The molecule has 0 aromatic heterocycles. The number of amides is 2. The van der Waals surface area contributed by atoms with E-state index in [1.165, 1.54) is 16.7 Å². The van der Waals surface area contributed by atoms with Crippen molar-refractivity contribution in [1.29, 1.82) is 0 Å². The molecule has 0 atom stereocenters. The van der Waals surface area contributed by atoms with Crippen LogP contribution in [0, 0.1) is 0 Å². The molecule has 0 aromatic carbocycles. The number of hydrogen-bond acceptors (Lipinski definition) is 5. The van der Waals surface area contributed by atoms with Gasteiger partial charge in [-0.2, -0.15) is 0 Å². The predicted molar refractivity (Wildman–Crippen MR) is 77.5 cm³/mol. The first kappa shape index (κ1) is 16.6. The Balaban J connectivity index is 2.44. The lowest BCUT2D eigenvalue weighted by molar-refractivity contribution is -0.148.